The minimum Gasteiger partial charge on any atom is -0.271 e. The first kappa shape index (κ1) is 21.3. The zero-order chi connectivity index (χ0) is 20.0. The second kappa shape index (κ2) is 9.25. The Morgan fingerprint density at radius 2 is 1.81 bits per heavy atom. The van der Waals surface area contributed by atoms with E-state index in [-0.39, 0.29) is 10.8 Å². The van der Waals surface area contributed by atoms with Gasteiger partial charge in [-0.05, 0) is 42.7 Å². The molecule has 1 amide bonds. The van der Waals surface area contributed by atoms with Crippen LogP contribution in [0.1, 0.15) is 25.0 Å². The Balaban J connectivity index is 2.09. The van der Waals surface area contributed by atoms with Gasteiger partial charge in [0.2, 0.25) is 10.0 Å². The molecule has 1 atom stereocenters. The van der Waals surface area contributed by atoms with E-state index in [1.807, 2.05) is 31.2 Å². The maximum atomic E-state index is 12.6. The van der Waals surface area contributed by atoms with Crippen molar-refractivity contribution in [2.24, 2.45) is 11.0 Å². The predicted molar refractivity (Wildman–Crippen MR) is 110 cm³/mol. The Morgan fingerprint density at radius 1 is 1.15 bits per heavy atom. The third-order valence-electron chi connectivity index (χ3n) is 3.80. The van der Waals surface area contributed by atoms with Crippen molar-refractivity contribution in [2.45, 2.75) is 31.7 Å². The highest BCUT2D eigenvalue weighted by Crippen LogP contribution is 2.13. The van der Waals surface area contributed by atoms with Gasteiger partial charge >= 0.3 is 0 Å². The van der Waals surface area contributed by atoms with Gasteiger partial charge in [0.1, 0.15) is 6.04 Å². The average Bonchev–Trinajstić information content (AvgIpc) is 2.60. The SMILES string of the molecule is Cc1ccc(S(=O)(=O)N[C@H](C(=O)N/N=C\c2cccc(Br)c2)C(C)C)cc1. The molecule has 2 N–H and O–H groups in total. The van der Waals surface area contributed by atoms with Crippen LogP contribution in [0, 0.1) is 12.8 Å². The van der Waals surface area contributed by atoms with Gasteiger partial charge in [0.25, 0.3) is 5.91 Å². The molecule has 8 heteroatoms. The Kier molecular flexibility index (Phi) is 7.29. The number of carbonyl (C=O) groups excluding carboxylic acids is 1. The van der Waals surface area contributed by atoms with Crippen LogP contribution in [-0.2, 0) is 14.8 Å². The average molecular weight is 452 g/mol. The number of sulfonamides is 1. The maximum Gasteiger partial charge on any atom is 0.258 e. The van der Waals surface area contributed by atoms with E-state index in [1.54, 1.807) is 26.0 Å². The van der Waals surface area contributed by atoms with Gasteiger partial charge < -0.3 is 0 Å². The first-order chi connectivity index (χ1) is 12.7. The summed E-state index contributed by atoms with van der Waals surface area (Å²) < 4.78 is 28.5. The monoisotopic (exact) mass is 451 g/mol. The molecule has 2 aromatic carbocycles. The van der Waals surface area contributed by atoms with Gasteiger partial charge in [-0.1, -0.05) is 59.6 Å². The number of hydrogen-bond acceptors (Lipinski definition) is 4. The largest absolute Gasteiger partial charge is 0.271 e. The minimum absolute atomic E-state index is 0.115. The number of hydrazone groups is 1. The van der Waals surface area contributed by atoms with Crippen molar-refractivity contribution in [1.29, 1.82) is 0 Å². The molecule has 0 heterocycles. The molecule has 6 nitrogen and oxygen atoms in total. The summed E-state index contributed by atoms with van der Waals surface area (Å²) in [4.78, 5) is 12.6. The molecule has 0 aliphatic carbocycles. The minimum atomic E-state index is -3.82. The van der Waals surface area contributed by atoms with E-state index in [1.165, 1.54) is 18.3 Å². The highest BCUT2D eigenvalue weighted by Gasteiger charge is 2.28. The van der Waals surface area contributed by atoms with Gasteiger partial charge in [0.15, 0.2) is 0 Å². The molecule has 0 spiro atoms. The summed E-state index contributed by atoms with van der Waals surface area (Å²) in [5.41, 5.74) is 4.15. The van der Waals surface area contributed by atoms with Crippen LogP contribution in [0.25, 0.3) is 0 Å². The second-order valence-electron chi connectivity index (χ2n) is 6.45. The number of nitrogens with zero attached hydrogens (tertiary/aromatic N) is 1. The fraction of sp³-hybridized carbons (Fsp3) is 0.263. The lowest BCUT2D eigenvalue weighted by Gasteiger charge is -2.20. The number of halogens is 1. The Morgan fingerprint density at radius 3 is 2.41 bits per heavy atom. The quantitative estimate of drug-likeness (QED) is 0.500. The zero-order valence-electron chi connectivity index (χ0n) is 15.3. The summed E-state index contributed by atoms with van der Waals surface area (Å²) in [6.45, 7) is 5.40. The summed E-state index contributed by atoms with van der Waals surface area (Å²) in [6, 6.07) is 12.9. The van der Waals surface area contributed by atoms with E-state index in [9.17, 15) is 13.2 Å². The Hall–Kier alpha value is -2.03. The van der Waals surface area contributed by atoms with Crippen molar-refractivity contribution in [3.05, 3.63) is 64.1 Å². The predicted octanol–water partition coefficient (Wildman–Crippen LogP) is 3.21. The van der Waals surface area contributed by atoms with Crippen LogP contribution in [-0.4, -0.2) is 26.6 Å². The first-order valence-corrected chi connectivity index (χ1v) is 10.6. The summed E-state index contributed by atoms with van der Waals surface area (Å²) >= 11 is 3.36. The van der Waals surface area contributed by atoms with E-state index in [4.69, 9.17) is 0 Å². The summed E-state index contributed by atoms with van der Waals surface area (Å²) in [6.07, 6.45) is 1.49. The number of aryl methyl sites for hydroxylation is 1. The van der Waals surface area contributed by atoms with Gasteiger partial charge in [-0.15, -0.1) is 0 Å². The van der Waals surface area contributed by atoms with Crippen LogP contribution in [0.15, 0.2) is 63.0 Å². The lowest BCUT2D eigenvalue weighted by atomic mass is 10.1. The fourth-order valence-corrected chi connectivity index (χ4v) is 4.03. The number of nitrogens with one attached hydrogen (secondary N) is 2. The molecule has 2 rings (SSSR count). The van der Waals surface area contributed by atoms with E-state index in [0.29, 0.717) is 0 Å². The zero-order valence-corrected chi connectivity index (χ0v) is 17.7. The third kappa shape index (κ3) is 6.27. The lowest BCUT2D eigenvalue weighted by Crippen LogP contribution is -2.48. The molecule has 0 aromatic heterocycles. The topological polar surface area (TPSA) is 87.6 Å². The van der Waals surface area contributed by atoms with Gasteiger partial charge in [-0.3, -0.25) is 4.79 Å². The molecular formula is C19H22BrN3O3S. The van der Waals surface area contributed by atoms with Gasteiger partial charge in [0.05, 0.1) is 11.1 Å². The molecule has 144 valence electrons. The molecule has 0 bridgehead atoms. The maximum absolute atomic E-state index is 12.6. The molecule has 0 saturated carbocycles. The lowest BCUT2D eigenvalue weighted by molar-refractivity contribution is -0.123. The van der Waals surface area contributed by atoms with Gasteiger partial charge in [-0.25, -0.2) is 13.8 Å². The molecule has 0 unspecified atom stereocenters. The van der Waals surface area contributed by atoms with Crippen molar-refractivity contribution < 1.29 is 13.2 Å². The van der Waals surface area contributed by atoms with E-state index < -0.39 is 22.0 Å². The number of amides is 1. The van der Waals surface area contributed by atoms with E-state index >= 15 is 0 Å². The summed E-state index contributed by atoms with van der Waals surface area (Å²) in [5, 5.41) is 3.92. The van der Waals surface area contributed by atoms with Crippen LogP contribution in [0.3, 0.4) is 0 Å². The number of benzene rings is 2. The number of rotatable bonds is 7. The van der Waals surface area contributed by atoms with Crippen LogP contribution in [0.4, 0.5) is 0 Å². The smallest absolute Gasteiger partial charge is 0.258 e. The van der Waals surface area contributed by atoms with Crippen LogP contribution >= 0.6 is 15.9 Å². The van der Waals surface area contributed by atoms with Crippen LogP contribution in [0.5, 0.6) is 0 Å². The van der Waals surface area contributed by atoms with Crippen LogP contribution in [0.2, 0.25) is 0 Å². The van der Waals surface area contributed by atoms with Crippen molar-refractivity contribution in [3.63, 3.8) is 0 Å². The molecule has 0 aliphatic heterocycles. The third-order valence-corrected chi connectivity index (χ3v) is 5.75. The standard InChI is InChI=1S/C19H22BrN3O3S/c1-13(2)18(23-27(25,26)17-9-7-14(3)8-10-17)19(24)22-21-12-15-5-4-6-16(20)11-15/h4-13,18,23H,1-3H3,(H,22,24)/b21-12-/t18-/m0/s1. The van der Waals surface area contributed by atoms with E-state index in [2.05, 4.69) is 31.2 Å². The molecular weight excluding hydrogens is 430 g/mol. The van der Waals surface area contributed by atoms with Crippen molar-refractivity contribution in [3.8, 4) is 0 Å². The van der Waals surface area contributed by atoms with Crippen molar-refractivity contribution in [2.75, 3.05) is 0 Å². The van der Waals surface area contributed by atoms with Crippen molar-refractivity contribution >= 4 is 38.1 Å². The molecule has 27 heavy (non-hydrogen) atoms. The molecule has 0 aliphatic rings. The second-order valence-corrected chi connectivity index (χ2v) is 9.07. The summed E-state index contributed by atoms with van der Waals surface area (Å²) in [5.74, 6) is -0.779. The number of hydrogen-bond donors (Lipinski definition) is 2. The van der Waals surface area contributed by atoms with Gasteiger partial charge in [-0.2, -0.15) is 9.82 Å². The fourth-order valence-electron chi connectivity index (χ4n) is 2.27. The Labute approximate surface area is 168 Å². The molecule has 0 saturated heterocycles. The van der Waals surface area contributed by atoms with Gasteiger partial charge in [0, 0.05) is 4.47 Å². The highest BCUT2D eigenvalue weighted by atomic mass is 79.9. The molecule has 0 fully saturated rings. The Bertz CT molecular complexity index is 925. The van der Waals surface area contributed by atoms with Crippen molar-refractivity contribution in [1.82, 2.24) is 10.1 Å². The molecule has 2 aromatic rings. The van der Waals surface area contributed by atoms with E-state index in [0.717, 1.165) is 15.6 Å². The number of carbonyl (C=O) groups is 1. The molecule has 0 radical (unpaired) electrons. The first-order valence-electron chi connectivity index (χ1n) is 8.36. The summed E-state index contributed by atoms with van der Waals surface area (Å²) in [7, 11) is -3.82. The van der Waals surface area contributed by atoms with Crippen LogP contribution < -0.4 is 10.1 Å². The normalized spacial score (nSPS) is 13.1. The highest BCUT2D eigenvalue weighted by molar-refractivity contribution is 9.10.